The standard InChI is InChI=1S/C19H23N3O4S/c1-13(17(23)20-12-16-7-4-9-26-16)22-8-10-27-19(22)21-18(24)14-5-3-6-15(11-14)25-2/h3,5-6,8,10-11,13,16H,4,7,9,12H2,1-2H3,(H,20,23). The maximum Gasteiger partial charge on any atom is 0.279 e. The molecule has 27 heavy (non-hydrogen) atoms. The molecule has 1 fully saturated rings. The van der Waals surface area contributed by atoms with Crippen LogP contribution in [0.15, 0.2) is 40.8 Å². The molecule has 0 aliphatic carbocycles. The van der Waals surface area contributed by atoms with Crippen molar-refractivity contribution in [2.45, 2.75) is 31.9 Å². The Morgan fingerprint density at radius 2 is 2.33 bits per heavy atom. The van der Waals surface area contributed by atoms with Crippen LogP contribution in [0.25, 0.3) is 0 Å². The molecule has 1 aliphatic rings. The van der Waals surface area contributed by atoms with Gasteiger partial charge in [-0.05, 0) is 38.0 Å². The average molecular weight is 389 g/mol. The summed E-state index contributed by atoms with van der Waals surface area (Å²) in [5, 5.41) is 4.72. The Labute approximate surface area is 161 Å². The predicted octanol–water partition coefficient (Wildman–Crippen LogP) is 2.16. The number of nitrogens with one attached hydrogen (secondary N) is 1. The van der Waals surface area contributed by atoms with Crippen LogP contribution in [0.5, 0.6) is 5.75 Å². The van der Waals surface area contributed by atoms with Gasteiger partial charge in [0, 0.05) is 30.3 Å². The van der Waals surface area contributed by atoms with Crippen LogP contribution in [0, 0.1) is 0 Å². The first-order chi connectivity index (χ1) is 13.1. The highest BCUT2D eigenvalue weighted by Gasteiger charge is 2.20. The molecular weight excluding hydrogens is 366 g/mol. The molecule has 2 heterocycles. The molecule has 0 saturated carbocycles. The minimum Gasteiger partial charge on any atom is -0.497 e. The zero-order valence-corrected chi connectivity index (χ0v) is 16.2. The van der Waals surface area contributed by atoms with E-state index in [9.17, 15) is 9.59 Å². The highest BCUT2D eigenvalue weighted by molar-refractivity contribution is 7.07. The smallest absolute Gasteiger partial charge is 0.279 e. The van der Waals surface area contributed by atoms with Gasteiger partial charge < -0.3 is 19.4 Å². The Kier molecular flexibility index (Phi) is 6.41. The van der Waals surface area contributed by atoms with E-state index in [0.29, 0.717) is 22.7 Å². The van der Waals surface area contributed by atoms with Gasteiger partial charge in [-0.1, -0.05) is 6.07 Å². The average Bonchev–Trinajstić information content (AvgIpc) is 3.37. The fraction of sp³-hybridized carbons (Fsp3) is 0.421. The van der Waals surface area contributed by atoms with Gasteiger partial charge in [-0.3, -0.25) is 9.59 Å². The largest absolute Gasteiger partial charge is 0.497 e. The van der Waals surface area contributed by atoms with E-state index in [-0.39, 0.29) is 17.9 Å². The maximum absolute atomic E-state index is 12.5. The van der Waals surface area contributed by atoms with Gasteiger partial charge in [-0.15, -0.1) is 11.3 Å². The van der Waals surface area contributed by atoms with Crippen molar-refractivity contribution >= 4 is 23.2 Å². The maximum atomic E-state index is 12.5. The van der Waals surface area contributed by atoms with Crippen LogP contribution in [-0.4, -0.2) is 42.7 Å². The topological polar surface area (TPSA) is 81.9 Å². The van der Waals surface area contributed by atoms with Crippen LogP contribution in [0.4, 0.5) is 0 Å². The number of carbonyl (C=O) groups excluding carboxylic acids is 2. The molecule has 0 spiro atoms. The summed E-state index contributed by atoms with van der Waals surface area (Å²) in [4.78, 5) is 29.6. The molecule has 1 N–H and O–H groups in total. The van der Waals surface area contributed by atoms with Gasteiger partial charge in [0.25, 0.3) is 5.91 Å². The second-order valence-electron chi connectivity index (χ2n) is 6.30. The number of hydrogen-bond acceptors (Lipinski definition) is 5. The number of thiazole rings is 1. The van der Waals surface area contributed by atoms with Crippen molar-refractivity contribution in [3.8, 4) is 5.75 Å². The molecule has 3 rings (SSSR count). The van der Waals surface area contributed by atoms with Gasteiger partial charge in [0.15, 0.2) is 4.80 Å². The zero-order valence-electron chi connectivity index (χ0n) is 15.4. The highest BCUT2D eigenvalue weighted by atomic mass is 32.1. The molecule has 8 heteroatoms. The SMILES string of the molecule is COc1cccc(C(=O)N=c2sccn2C(C)C(=O)NCC2CCCO2)c1. The Bertz CT molecular complexity index is 868. The van der Waals surface area contributed by atoms with Crippen LogP contribution in [0.3, 0.4) is 0 Å². The van der Waals surface area contributed by atoms with Crippen LogP contribution in [-0.2, 0) is 9.53 Å². The molecule has 2 amide bonds. The minimum absolute atomic E-state index is 0.0902. The van der Waals surface area contributed by atoms with E-state index in [0.717, 1.165) is 19.4 Å². The summed E-state index contributed by atoms with van der Waals surface area (Å²) in [6, 6.07) is 6.36. The number of amides is 2. The van der Waals surface area contributed by atoms with E-state index >= 15 is 0 Å². The molecule has 2 unspecified atom stereocenters. The second-order valence-corrected chi connectivity index (χ2v) is 7.17. The summed E-state index contributed by atoms with van der Waals surface area (Å²) in [5.74, 6) is 0.0910. The molecule has 1 aromatic heterocycles. The Hall–Kier alpha value is -2.45. The molecule has 1 saturated heterocycles. The van der Waals surface area contributed by atoms with E-state index in [1.807, 2.05) is 5.38 Å². The lowest BCUT2D eigenvalue weighted by Gasteiger charge is -2.16. The van der Waals surface area contributed by atoms with Crippen LogP contribution in [0.2, 0.25) is 0 Å². The first-order valence-electron chi connectivity index (χ1n) is 8.86. The lowest BCUT2D eigenvalue weighted by molar-refractivity contribution is -0.124. The van der Waals surface area contributed by atoms with Gasteiger partial charge in [0.1, 0.15) is 11.8 Å². The van der Waals surface area contributed by atoms with Crippen LogP contribution in [0.1, 0.15) is 36.2 Å². The van der Waals surface area contributed by atoms with Crippen molar-refractivity contribution in [3.05, 3.63) is 46.2 Å². The van der Waals surface area contributed by atoms with Crippen molar-refractivity contribution in [3.63, 3.8) is 0 Å². The van der Waals surface area contributed by atoms with Crippen molar-refractivity contribution in [1.29, 1.82) is 0 Å². The summed E-state index contributed by atoms with van der Waals surface area (Å²) in [6.45, 7) is 3.04. The molecular formula is C19H23N3O4S. The quantitative estimate of drug-likeness (QED) is 0.821. The fourth-order valence-electron chi connectivity index (χ4n) is 2.86. The number of nitrogens with zero attached hydrogens (tertiary/aromatic N) is 2. The Morgan fingerprint density at radius 3 is 3.07 bits per heavy atom. The van der Waals surface area contributed by atoms with E-state index in [1.165, 1.54) is 11.3 Å². The molecule has 2 atom stereocenters. The summed E-state index contributed by atoms with van der Waals surface area (Å²) in [7, 11) is 1.55. The molecule has 7 nitrogen and oxygen atoms in total. The Morgan fingerprint density at radius 1 is 1.48 bits per heavy atom. The number of carbonyl (C=O) groups is 2. The van der Waals surface area contributed by atoms with E-state index in [4.69, 9.17) is 9.47 Å². The molecule has 144 valence electrons. The van der Waals surface area contributed by atoms with Crippen molar-refractivity contribution in [1.82, 2.24) is 9.88 Å². The van der Waals surface area contributed by atoms with Crippen LogP contribution >= 0.6 is 11.3 Å². The summed E-state index contributed by atoms with van der Waals surface area (Å²) >= 11 is 1.31. The first-order valence-corrected chi connectivity index (χ1v) is 9.74. The molecule has 0 bridgehead atoms. The van der Waals surface area contributed by atoms with Crippen molar-refractivity contribution in [2.75, 3.05) is 20.3 Å². The number of hydrogen-bond donors (Lipinski definition) is 1. The lowest BCUT2D eigenvalue weighted by atomic mass is 10.2. The molecule has 1 aromatic carbocycles. The van der Waals surface area contributed by atoms with Gasteiger partial charge in [0.05, 0.1) is 13.2 Å². The fourth-order valence-corrected chi connectivity index (χ4v) is 3.65. The predicted molar refractivity (Wildman–Crippen MR) is 102 cm³/mol. The van der Waals surface area contributed by atoms with Crippen molar-refractivity contribution in [2.24, 2.45) is 4.99 Å². The van der Waals surface area contributed by atoms with E-state index in [1.54, 1.807) is 49.1 Å². The summed E-state index contributed by atoms with van der Waals surface area (Å²) < 4.78 is 12.4. The normalized spacial score (nSPS) is 18.3. The minimum atomic E-state index is -0.477. The number of methoxy groups -OCH3 is 1. The molecule has 2 aromatic rings. The third kappa shape index (κ3) is 4.84. The third-order valence-corrected chi connectivity index (χ3v) is 5.23. The van der Waals surface area contributed by atoms with Gasteiger partial charge in [0.2, 0.25) is 5.91 Å². The highest BCUT2D eigenvalue weighted by Crippen LogP contribution is 2.14. The first kappa shape index (κ1) is 19.3. The number of rotatable bonds is 6. The van der Waals surface area contributed by atoms with Crippen molar-refractivity contribution < 1.29 is 19.1 Å². The second kappa shape index (κ2) is 8.96. The number of benzene rings is 1. The lowest BCUT2D eigenvalue weighted by Crippen LogP contribution is -2.38. The Balaban J connectivity index is 1.72. The van der Waals surface area contributed by atoms with E-state index in [2.05, 4.69) is 10.3 Å². The van der Waals surface area contributed by atoms with E-state index < -0.39 is 6.04 Å². The number of ether oxygens (including phenoxy) is 2. The molecule has 1 aliphatic heterocycles. The zero-order chi connectivity index (χ0) is 19.2. The summed E-state index contributed by atoms with van der Waals surface area (Å²) in [6.07, 6.45) is 3.85. The molecule has 0 radical (unpaired) electrons. The van der Waals surface area contributed by atoms with Gasteiger partial charge >= 0.3 is 0 Å². The van der Waals surface area contributed by atoms with Gasteiger partial charge in [-0.2, -0.15) is 4.99 Å². The number of aromatic nitrogens is 1. The summed E-state index contributed by atoms with van der Waals surface area (Å²) in [5.41, 5.74) is 0.435. The monoisotopic (exact) mass is 389 g/mol. The van der Waals surface area contributed by atoms with Gasteiger partial charge in [-0.25, -0.2) is 0 Å². The van der Waals surface area contributed by atoms with Crippen LogP contribution < -0.4 is 14.9 Å². The third-order valence-electron chi connectivity index (χ3n) is 4.45.